The lowest BCUT2D eigenvalue weighted by atomic mass is 9.76. The van der Waals surface area contributed by atoms with Gasteiger partial charge in [-0.1, -0.05) is 13.8 Å². The molecule has 1 atom stereocenters. The van der Waals surface area contributed by atoms with Gasteiger partial charge in [0.25, 0.3) is 0 Å². The van der Waals surface area contributed by atoms with Gasteiger partial charge in [0.2, 0.25) is 5.91 Å². The summed E-state index contributed by atoms with van der Waals surface area (Å²) in [4.78, 5) is 25.7. The third-order valence-corrected chi connectivity index (χ3v) is 6.04. The first kappa shape index (κ1) is 15.7. The zero-order valence-corrected chi connectivity index (χ0v) is 13.2. The Labute approximate surface area is 125 Å². The molecule has 2 fully saturated rings. The Morgan fingerprint density at radius 1 is 1.35 bits per heavy atom. The van der Waals surface area contributed by atoms with Gasteiger partial charge in [-0.05, 0) is 42.6 Å². The molecule has 1 N–H and O–H groups in total. The number of carbonyl (C=O) groups is 2. The summed E-state index contributed by atoms with van der Waals surface area (Å²) in [5.41, 5.74) is -0.738. The smallest absolute Gasteiger partial charge is 0.311 e. The van der Waals surface area contributed by atoms with Crippen molar-refractivity contribution >= 4 is 23.6 Å². The molecule has 0 bridgehead atoms. The first-order chi connectivity index (χ1) is 9.45. The molecule has 0 aromatic rings. The quantitative estimate of drug-likeness (QED) is 0.866. The number of aliphatic carboxylic acids is 1. The molecule has 0 aliphatic carbocycles. The fraction of sp³-hybridized carbons (Fsp3) is 0.867. The third kappa shape index (κ3) is 3.13. The van der Waals surface area contributed by atoms with Crippen molar-refractivity contribution in [3.63, 3.8) is 0 Å². The summed E-state index contributed by atoms with van der Waals surface area (Å²) >= 11 is 1.96. The van der Waals surface area contributed by atoms with E-state index in [1.807, 2.05) is 25.6 Å². The number of carboxylic acid groups (broad SMARTS) is 1. The zero-order chi connectivity index (χ0) is 14.8. The number of carbonyl (C=O) groups excluding carboxylic acids is 1. The summed E-state index contributed by atoms with van der Waals surface area (Å²) in [6.07, 6.45) is 3.44. The number of likely N-dealkylation sites (tertiary alicyclic amines) is 1. The van der Waals surface area contributed by atoms with Crippen LogP contribution in [0.3, 0.4) is 0 Å². The zero-order valence-electron chi connectivity index (χ0n) is 12.4. The molecule has 2 heterocycles. The van der Waals surface area contributed by atoms with Gasteiger partial charge in [0.15, 0.2) is 0 Å². The number of nitrogens with zero attached hydrogens (tertiary/aromatic N) is 1. The van der Waals surface area contributed by atoms with E-state index < -0.39 is 11.4 Å². The second kappa shape index (κ2) is 6.37. The van der Waals surface area contributed by atoms with Gasteiger partial charge in [0.1, 0.15) is 0 Å². The Kier molecular flexibility index (Phi) is 4.99. The lowest BCUT2D eigenvalue weighted by Gasteiger charge is -2.29. The maximum Gasteiger partial charge on any atom is 0.311 e. The molecule has 1 unspecified atom stereocenters. The van der Waals surface area contributed by atoms with Crippen LogP contribution in [-0.4, -0.2) is 46.5 Å². The highest BCUT2D eigenvalue weighted by atomic mass is 32.2. The number of thioether (sulfide) groups is 1. The second-order valence-corrected chi connectivity index (χ2v) is 7.67. The Morgan fingerprint density at radius 2 is 2.00 bits per heavy atom. The van der Waals surface area contributed by atoms with Crippen LogP contribution in [0.25, 0.3) is 0 Å². The van der Waals surface area contributed by atoms with Crippen LogP contribution in [-0.2, 0) is 9.59 Å². The molecule has 4 nitrogen and oxygen atoms in total. The molecular weight excluding hydrogens is 274 g/mol. The molecule has 114 valence electrons. The summed E-state index contributed by atoms with van der Waals surface area (Å²) < 4.78 is 0. The van der Waals surface area contributed by atoms with Crippen molar-refractivity contribution in [2.45, 2.75) is 39.5 Å². The van der Waals surface area contributed by atoms with Crippen LogP contribution >= 0.6 is 11.8 Å². The van der Waals surface area contributed by atoms with E-state index in [0.717, 1.165) is 24.3 Å². The molecule has 0 saturated carbocycles. The van der Waals surface area contributed by atoms with Gasteiger partial charge in [0, 0.05) is 19.5 Å². The van der Waals surface area contributed by atoms with Gasteiger partial charge in [-0.15, -0.1) is 0 Å². The van der Waals surface area contributed by atoms with Gasteiger partial charge >= 0.3 is 5.97 Å². The number of carboxylic acids is 1. The van der Waals surface area contributed by atoms with Crippen LogP contribution < -0.4 is 0 Å². The van der Waals surface area contributed by atoms with E-state index in [0.29, 0.717) is 31.8 Å². The van der Waals surface area contributed by atoms with Crippen LogP contribution in [0.15, 0.2) is 0 Å². The summed E-state index contributed by atoms with van der Waals surface area (Å²) in [5, 5.41) is 9.51. The molecule has 2 aliphatic heterocycles. The van der Waals surface area contributed by atoms with Crippen molar-refractivity contribution in [1.29, 1.82) is 0 Å². The number of rotatable bonds is 4. The van der Waals surface area contributed by atoms with E-state index in [1.54, 1.807) is 4.90 Å². The maximum atomic E-state index is 12.4. The fourth-order valence-corrected chi connectivity index (χ4v) is 4.47. The highest BCUT2D eigenvalue weighted by Crippen LogP contribution is 2.39. The second-order valence-electron chi connectivity index (χ2n) is 6.44. The van der Waals surface area contributed by atoms with E-state index in [1.165, 1.54) is 0 Å². The molecule has 2 aliphatic rings. The third-order valence-electron chi connectivity index (χ3n) is 4.99. The van der Waals surface area contributed by atoms with E-state index in [2.05, 4.69) is 0 Å². The fourth-order valence-electron chi connectivity index (χ4n) is 3.27. The molecule has 2 saturated heterocycles. The van der Waals surface area contributed by atoms with Crippen molar-refractivity contribution in [1.82, 2.24) is 4.90 Å². The van der Waals surface area contributed by atoms with Gasteiger partial charge in [-0.25, -0.2) is 0 Å². The minimum atomic E-state index is -0.753. The minimum Gasteiger partial charge on any atom is -0.481 e. The predicted molar refractivity (Wildman–Crippen MR) is 80.8 cm³/mol. The van der Waals surface area contributed by atoms with Crippen molar-refractivity contribution in [3.8, 4) is 0 Å². The van der Waals surface area contributed by atoms with Gasteiger partial charge in [0.05, 0.1) is 5.41 Å². The highest BCUT2D eigenvalue weighted by Gasteiger charge is 2.48. The van der Waals surface area contributed by atoms with Crippen LogP contribution in [0.4, 0.5) is 0 Å². The lowest BCUT2D eigenvalue weighted by molar-refractivity contribution is -0.151. The van der Waals surface area contributed by atoms with E-state index >= 15 is 0 Å². The first-order valence-corrected chi connectivity index (χ1v) is 8.70. The number of hydrogen-bond acceptors (Lipinski definition) is 3. The molecule has 5 heteroatoms. The van der Waals surface area contributed by atoms with E-state index in [9.17, 15) is 14.7 Å². The largest absolute Gasteiger partial charge is 0.481 e. The van der Waals surface area contributed by atoms with Crippen molar-refractivity contribution in [3.05, 3.63) is 0 Å². The Balaban J connectivity index is 1.94. The topological polar surface area (TPSA) is 57.6 Å². The lowest BCUT2D eigenvalue weighted by Crippen LogP contribution is -2.41. The molecule has 0 spiro atoms. The molecule has 20 heavy (non-hydrogen) atoms. The normalized spacial score (nSPS) is 28.1. The number of hydrogen-bond donors (Lipinski definition) is 1. The van der Waals surface area contributed by atoms with Gasteiger partial charge in [-0.2, -0.15) is 11.8 Å². The summed E-state index contributed by atoms with van der Waals surface area (Å²) in [7, 11) is 0. The predicted octanol–water partition coefficient (Wildman–Crippen LogP) is 2.48. The minimum absolute atomic E-state index is 0.0591. The monoisotopic (exact) mass is 299 g/mol. The van der Waals surface area contributed by atoms with E-state index in [4.69, 9.17) is 0 Å². The Hall–Kier alpha value is -0.710. The summed E-state index contributed by atoms with van der Waals surface area (Å²) in [6.45, 7) is 4.88. The van der Waals surface area contributed by atoms with Gasteiger partial charge in [-0.3, -0.25) is 9.59 Å². The van der Waals surface area contributed by atoms with Crippen LogP contribution in [0, 0.1) is 17.3 Å². The maximum absolute atomic E-state index is 12.4. The summed E-state index contributed by atoms with van der Waals surface area (Å²) in [6, 6.07) is 0. The standard InChI is InChI=1S/C15H25NO3S/c1-11(2)15(14(18)19)5-6-16(10-15)13(17)9-12-3-7-20-8-4-12/h11-12H,3-10H2,1-2H3,(H,18,19). The summed E-state index contributed by atoms with van der Waals surface area (Å²) in [5.74, 6) is 2.28. The van der Waals surface area contributed by atoms with Crippen molar-refractivity contribution in [2.75, 3.05) is 24.6 Å². The molecule has 0 aromatic carbocycles. The molecule has 2 rings (SSSR count). The highest BCUT2D eigenvalue weighted by molar-refractivity contribution is 7.99. The molecular formula is C15H25NO3S. The average Bonchev–Trinajstić information content (AvgIpc) is 2.86. The Bertz CT molecular complexity index is 379. The SMILES string of the molecule is CC(C)C1(C(=O)O)CCN(C(=O)CC2CCSCC2)C1. The van der Waals surface area contributed by atoms with Crippen molar-refractivity contribution in [2.24, 2.45) is 17.3 Å². The molecule has 1 amide bonds. The average molecular weight is 299 g/mol. The van der Waals surface area contributed by atoms with Crippen molar-refractivity contribution < 1.29 is 14.7 Å². The van der Waals surface area contributed by atoms with E-state index in [-0.39, 0.29) is 11.8 Å². The van der Waals surface area contributed by atoms with Crippen LogP contribution in [0.5, 0.6) is 0 Å². The number of amides is 1. The van der Waals surface area contributed by atoms with Crippen LogP contribution in [0.2, 0.25) is 0 Å². The van der Waals surface area contributed by atoms with Crippen LogP contribution in [0.1, 0.15) is 39.5 Å². The first-order valence-electron chi connectivity index (χ1n) is 7.54. The molecule has 0 aromatic heterocycles. The Morgan fingerprint density at radius 3 is 2.50 bits per heavy atom. The molecule has 0 radical (unpaired) electrons. The van der Waals surface area contributed by atoms with Gasteiger partial charge < -0.3 is 10.0 Å².